The van der Waals surface area contributed by atoms with E-state index < -0.39 is 5.97 Å². The van der Waals surface area contributed by atoms with Gasteiger partial charge in [-0.25, -0.2) is 0 Å². The Bertz CT molecular complexity index is 580. The number of methoxy groups -OCH3 is 1. The van der Waals surface area contributed by atoms with Gasteiger partial charge in [-0.05, 0) is 24.1 Å². The molecule has 0 aliphatic heterocycles. The lowest BCUT2D eigenvalue weighted by molar-refractivity contribution is -0.137. The third-order valence-electron chi connectivity index (χ3n) is 2.79. The van der Waals surface area contributed by atoms with Crippen LogP contribution in [0, 0.1) is 0 Å². The average Bonchev–Trinajstić information content (AvgIpc) is 2.86. The minimum atomic E-state index is -0.818. The number of benzene rings is 1. The van der Waals surface area contributed by atoms with E-state index >= 15 is 0 Å². The molecule has 0 atom stereocenters. The first-order chi connectivity index (χ1) is 9.67. The number of carboxylic acids is 1. The number of rotatable bonds is 7. The van der Waals surface area contributed by atoms with E-state index in [4.69, 9.17) is 14.4 Å². The van der Waals surface area contributed by atoms with Gasteiger partial charge in [0.25, 0.3) is 0 Å². The van der Waals surface area contributed by atoms with E-state index in [0.29, 0.717) is 31.0 Å². The second-order valence-corrected chi connectivity index (χ2v) is 4.38. The molecule has 0 aliphatic carbocycles. The van der Waals surface area contributed by atoms with Crippen LogP contribution in [-0.2, 0) is 17.6 Å². The molecular weight excluding hydrogens is 260 g/mol. The molecular formula is C14H16N2O4. The molecule has 20 heavy (non-hydrogen) atoms. The highest BCUT2D eigenvalue weighted by Gasteiger charge is 2.08. The van der Waals surface area contributed by atoms with Crippen molar-refractivity contribution in [2.45, 2.75) is 25.7 Å². The lowest BCUT2D eigenvalue weighted by Gasteiger charge is -2.01. The molecule has 2 aromatic rings. The van der Waals surface area contributed by atoms with Gasteiger partial charge in [0.2, 0.25) is 5.89 Å². The fourth-order valence-corrected chi connectivity index (χ4v) is 1.82. The molecule has 1 N–H and O–H groups in total. The lowest BCUT2D eigenvalue weighted by atomic mass is 10.1. The predicted molar refractivity (Wildman–Crippen MR) is 70.7 cm³/mol. The minimum absolute atomic E-state index is 0.105. The molecule has 0 spiro atoms. The van der Waals surface area contributed by atoms with E-state index in [0.717, 1.165) is 11.3 Å². The first-order valence-electron chi connectivity index (χ1n) is 6.33. The first kappa shape index (κ1) is 14.0. The van der Waals surface area contributed by atoms with E-state index in [1.807, 2.05) is 24.3 Å². The average molecular weight is 276 g/mol. The maximum absolute atomic E-state index is 10.4. The van der Waals surface area contributed by atoms with E-state index in [1.54, 1.807) is 7.11 Å². The standard InChI is InChI=1S/C14H16N2O4/c1-19-11-5-2-4-10(8-11)9-12-15-13(20-16-12)6-3-7-14(17)18/h2,4-5,8H,3,6-7,9H2,1H3,(H,17,18). The number of hydrogen-bond acceptors (Lipinski definition) is 5. The van der Waals surface area contributed by atoms with Crippen molar-refractivity contribution >= 4 is 5.97 Å². The fourth-order valence-electron chi connectivity index (χ4n) is 1.82. The fraction of sp³-hybridized carbons (Fsp3) is 0.357. The summed E-state index contributed by atoms with van der Waals surface area (Å²) < 4.78 is 10.2. The molecule has 0 aliphatic rings. The molecule has 2 rings (SSSR count). The third-order valence-corrected chi connectivity index (χ3v) is 2.79. The number of nitrogens with zero attached hydrogens (tertiary/aromatic N) is 2. The van der Waals surface area contributed by atoms with Crippen molar-refractivity contribution in [3.63, 3.8) is 0 Å². The van der Waals surface area contributed by atoms with Crippen molar-refractivity contribution in [3.8, 4) is 5.75 Å². The van der Waals surface area contributed by atoms with Crippen LogP contribution in [0.5, 0.6) is 5.75 Å². The summed E-state index contributed by atoms with van der Waals surface area (Å²) in [5, 5.41) is 12.5. The van der Waals surface area contributed by atoms with Gasteiger partial charge in [0, 0.05) is 19.3 Å². The van der Waals surface area contributed by atoms with Crippen LogP contribution in [0.3, 0.4) is 0 Å². The van der Waals surface area contributed by atoms with Crippen molar-refractivity contribution in [1.29, 1.82) is 0 Å². The highest BCUT2D eigenvalue weighted by molar-refractivity contribution is 5.66. The van der Waals surface area contributed by atoms with Crippen LogP contribution in [0.2, 0.25) is 0 Å². The van der Waals surface area contributed by atoms with Crippen LogP contribution in [0.15, 0.2) is 28.8 Å². The van der Waals surface area contributed by atoms with Crippen LogP contribution in [0.25, 0.3) is 0 Å². The monoisotopic (exact) mass is 276 g/mol. The van der Waals surface area contributed by atoms with Gasteiger partial charge in [-0.1, -0.05) is 17.3 Å². The molecule has 0 radical (unpaired) electrons. The van der Waals surface area contributed by atoms with Crippen molar-refractivity contribution in [2.24, 2.45) is 0 Å². The smallest absolute Gasteiger partial charge is 0.303 e. The number of aryl methyl sites for hydroxylation is 1. The van der Waals surface area contributed by atoms with E-state index in [9.17, 15) is 4.79 Å². The Morgan fingerprint density at radius 1 is 1.45 bits per heavy atom. The normalized spacial score (nSPS) is 10.4. The maximum Gasteiger partial charge on any atom is 0.303 e. The Morgan fingerprint density at radius 2 is 2.30 bits per heavy atom. The van der Waals surface area contributed by atoms with Gasteiger partial charge in [-0.2, -0.15) is 4.98 Å². The summed E-state index contributed by atoms with van der Waals surface area (Å²) >= 11 is 0. The molecule has 1 aromatic carbocycles. The van der Waals surface area contributed by atoms with Gasteiger partial charge in [-0.15, -0.1) is 0 Å². The molecule has 0 saturated heterocycles. The number of carboxylic acid groups (broad SMARTS) is 1. The van der Waals surface area contributed by atoms with Gasteiger partial charge >= 0.3 is 5.97 Å². The topological polar surface area (TPSA) is 85.5 Å². The summed E-state index contributed by atoms with van der Waals surface area (Å²) in [6, 6.07) is 7.66. The zero-order chi connectivity index (χ0) is 14.4. The lowest BCUT2D eigenvalue weighted by Crippen LogP contribution is -1.96. The molecule has 0 fully saturated rings. The van der Waals surface area contributed by atoms with Crippen LogP contribution in [0.1, 0.15) is 30.1 Å². The Labute approximate surface area is 116 Å². The summed E-state index contributed by atoms with van der Waals surface area (Å²) in [7, 11) is 1.62. The van der Waals surface area contributed by atoms with Gasteiger partial charge in [0.15, 0.2) is 5.82 Å². The quantitative estimate of drug-likeness (QED) is 0.833. The number of ether oxygens (including phenoxy) is 1. The van der Waals surface area contributed by atoms with Gasteiger partial charge in [-0.3, -0.25) is 4.79 Å². The van der Waals surface area contributed by atoms with Crippen LogP contribution < -0.4 is 4.74 Å². The van der Waals surface area contributed by atoms with Gasteiger partial charge in [0.05, 0.1) is 7.11 Å². The Balaban J connectivity index is 1.93. The first-order valence-corrected chi connectivity index (χ1v) is 6.33. The molecule has 6 heteroatoms. The molecule has 6 nitrogen and oxygen atoms in total. The predicted octanol–water partition coefficient (Wildman–Crippen LogP) is 2.08. The summed E-state index contributed by atoms with van der Waals surface area (Å²) in [4.78, 5) is 14.7. The molecule has 1 aromatic heterocycles. The minimum Gasteiger partial charge on any atom is -0.497 e. The zero-order valence-electron chi connectivity index (χ0n) is 11.2. The number of aromatic nitrogens is 2. The van der Waals surface area contributed by atoms with E-state index in [1.165, 1.54) is 0 Å². The summed E-state index contributed by atoms with van der Waals surface area (Å²) in [5.41, 5.74) is 1.03. The van der Waals surface area contributed by atoms with E-state index in [-0.39, 0.29) is 6.42 Å². The van der Waals surface area contributed by atoms with Crippen LogP contribution in [0.4, 0.5) is 0 Å². The number of hydrogen-bond donors (Lipinski definition) is 1. The largest absolute Gasteiger partial charge is 0.497 e. The highest BCUT2D eigenvalue weighted by Crippen LogP contribution is 2.15. The molecule has 0 saturated carbocycles. The molecule has 1 heterocycles. The van der Waals surface area contributed by atoms with Crippen molar-refractivity contribution in [2.75, 3.05) is 7.11 Å². The number of carbonyl (C=O) groups is 1. The van der Waals surface area contributed by atoms with Crippen molar-refractivity contribution in [3.05, 3.63) is 41.5 Å². The highest BCUT2D eigenvalue weighted by atomic mass is 16.5. The number of aliphatic carboxylic acids is 1. The summed E-state index contributed by atoms with van der Waals surface area (Å²) in [6.45, 7) is 0. The Hall–Kier alpha value is -2.37. The second kappa shape index (κ2) is 6.70. The summed E-state index contributed by atoms with van der Waals surface area (Å²) in [5.74, 6) is 1.03. The third kappa shape index (κ3) is 4.08. The molecule has 0 unspecified atom stereocenters. The Morgan fingerprint density at radius 3 is 3.05 bits per heavy atom. The second-order valence-electron chi connectivity index (χ2n) is 4.38. The van der Waals surface area contributed by atoms with Crippen LogP contribution in [-0.4, -0.2) is 28.3 Å². The summed E-state index contributed by atoms with van der Waals surface area (Å²) in [6.07, 6.45) is 1.64. The maximum atomic E-state index is 10.4. The zero-order valence-corrected chi connectivity index (χ0v) is 11.2. The van der Waals surface area contributed by atoms with Crippen LogP contribution >= 0.6 is 0 Å². The molecule has 0 amide bonds. The SMILES string of the molecule is COc1cccc(Cc2noc(CCCC(=O)O)n2)c1. The van der Waals surface area contributed by atoms with Crippen molar-refractivity contribution in [1.82, 2.24) is 10.1 Å². The Kier molecular flexibility index (Phi) is 4.70. The molecule has 106 valence electrons. The van der Waals surface area contributed by atoms with Crippen molar-refractivity contribution < 1.29 is 19.2 Å². The van der Waals surface area contributed by atoms with E-state index in [2.05, 4.69) is 10.1 Å². The van der Waals surface area contributed by atoms with Gasteiger partial charge < -0.3 is 14.4 Å². The molecule has 0 bridgehead atoms. The van der Waals surface area contributed by atoms with Gasteiger partial charge in [0.1, 0.15) is 5.75 Å².